The molecule has 1 N–H and O–H groups in total. The van der Waals surface area contributed by atoms with Crippen molar-refractivity contribution in [3.8, 4) is 0 Å². The van der Waals surface area contributed by atoms with Gasteiger partial charge >= 0.3 is 5.97 Å². The minimum atomic E-state index is -1.25. The number of carbonyl (C=O) groups is 2. The van der Waals surface area contributed by atoms with Gasteiger partial charge in [0.15, 0.2) is 11.2 Å². The van der Waals surface area contributed by atoms with E-state index in [4.69, 9.17) is 4.74 Å². The summed E-state index contributed by atoms with van der Waals surface area (Å²) in [5.74, 6) is -0.439. The van der Waals surface area contributed by atoms with Crippen LogP contribution in [0.2, 0.25) is 0 Å². The number of ether oxygens (including phenoxy) is 1. The molecule has 1 saturated carbocycles. The molecule has 2 aliphatic rings. The number of carboxylic acid groups (broad SMARTS) is 1. The molecule has 0 amide bonds. The van der Waals surface area contributed by atoms with Crippen LogP contribution in [0.4, 0.5) is 0 Å². The summed E-state index contributed by atoms with van der Waals surface area (Å²) in [6.45, 7) is 2.62. The molecule has 2 rings (SSSR count). The first-order valence-corrected chi connectivity index (χ1v) is 6.95. The maximum atomic E-state index is 12.1. The van der Waals surface area contributed by atoms with Crippen LogP contribution in [-0.4, -0.2) is 30.1 Å². The molecular weight excluding hydrogens is 232 g/mol. The van der Waals surface area contributed by atoms with Gasteiger partial charge < -0.3 is 9.84 Å². The molecule has 0 aromatic carbocycles. The highest BCUT2D eigenvalue weighted by Gasteiger charge is 2.53. The fourth-order valence-corrected chi connectivity index (χ4v) is 3.47. The fraction of sp³-hybridized carbons (Fsp3) is 0.857. The summed E-state index contributed by atoms with van der Waals surface area (Å²) in [5.41, 5.74) is -1.25. The van der Waals surface area contributed by atoms with Crippen LogP contribution >= 0.6 is 0 Å². The van der Waals surface area contributed by atoms with Crippen LogP contribution < -0.4 is 0 Å². The van der Waals surface area contributed by atoms with E-state index in [9.17, 15) is 14.7 Å². The standard InChI is InChI=1S/C14H22O4/c1-2-10-3-5-11(6-4-10)14(13(16)17)9-18-8-7-12(14)15/h10-11H,2-9H2,1H3,(H,16,17). The normalized spacial score (nSPS) is 37.5. The van der Waals surface area contributed by atoms with Gasteiger partial charge in [0.05, 0.1) is 13.2 Å². The molecule has 0 aromatic rings. The lowest BCUT2D eigenvalue weighted by Gasteiger charge is -2.41. The molecule has 4 nitrogen and oxygen atoms in total. The maximum Gasteiger partial charge on any atom is 0.319 e. The number of carbonyl (C=O) groups excluding carboxylic acids is 1. The third kappa shape index (κ3) is 2.18. The van der Waals surface area contributed by atoms with Gasteiger partial charge in [0, 0.05) is 6.42 Å². The van der Waals surface area contributed by atoms with Crippen LogP contribution in [0.25, 0.3) is 0 Å². The second-order valence-electron chi connectivity index (χ2n) is 5.63. The zero-order chi connectivity index (χ0) is 13.2. The summed E-state index contributed by atoms with van der Waals surface area (Å²) >= 11 is 0. The van der Waals surface area contributed by atoms with Crippen molar-refractivity contribution >= 4 is 11.8 Å². The molecule has 0 aromatic heterocycles. The van der Waals surface area contributed by atoms with Gasteiger partial charge in [-0.2, -0.15) is 0 Å². The van der Waals surface area contributed by atoms with Gasteiger partial charge in [0.1, 0.15) is 0 Å². The monoisotopic (exact) mass is 254 g/mol. The number of ketones is 1. The first kappa shape index (κ1) is 13.5. The van der Waals surface area contributed by atoms with E-state index in [2.05, 4.69) is 6.92 Å². The maximum absolute atomic E-state index is 12.1. The van der Waals surface area contributed by atoms with Crippen molar-refractivity contribution in [2.45, 2.75) is 45.4 Å². The Morgan fingerprint density at radius 2 is 2.06 bits per heavy atom. The molecule has 1 saturated heterocycles. The van der Waals surface area contributed by atoms with Crippen molar-refractivity contribution in [2.24, 2.45) is 17.3 Å². The largest absolute Gasteiger partial charge is 0.480 e. The zero-order valence-electron chi connectivity index (χ0n) is 11.0. The Balaban J connectivity index is 2.16. The first-order chi connectivity index (χ1) is 8.61. The lowest BCUT2D eigenvalue weighted by molar-refractivity contribution is -0.171. The third-order valence-corrected chi connectivity index (χ3v) is 4.80. The average Bonchev–Trinajstić information content (AvgIpc) is 2.39. The van der Waals surface area contributed by atoms with Gasteiger partial charge in [-0.3, -0.25) is 9.59 Å². The number of Topliss-reactive ketones (excluding diaryl/α,β-unsaturated/α-hetero) is 1. The van der Waals surface area contributed by atoms with Gasteiger partial charge in [-0.25, -0.2) is 0 Å². The predicted octanol–water partition coefficient (Wildman–Crippen LogP) is 2.26. The second kappa shape index (κ2) is 5.39. The van der Waals surface area contributed by atoms with E-state index in [0.717, 1.165) is 32.1 Å². The Kier molecular flexibility index (Phi) is 4.05. The summed E-state index contributed by atoms with van der Waals surface area (Å²) < 4.78 is 5.32. The molecule has 1 aliphatic carbocycles. The summed E-state index contributed by atoms with van der Waals surface area (Å²) in [5, 5.41) is 9.53. The highest BCUT2D eigenvalue weighted by Crippen LogP contribution is 2.44. The van der Waals surface area contributed by atoms with Gasteiger partial charge in [-0.1, -0.05) is 26.2 Å². The SMILES string of the molecule is CCC1CCC(C2(C(=O)O)COCCC2=O)CC1. The van der Waals surface area contributed by atoms with E-state index in [1.165, 1.54) is 0 Å². The fourth-order valence-electron chi connectivity index (χ4n) is 3.47. The van der Waals surface area contributed by atoms with Crippen molar-refractivity contribution < 1.29 is 19.4 Å². The van der Waals surface area contributed by atoms with Crippen LogP contribution in [0, 0.1) is 17.3 Å². The van der Waals surface area contributed by atoms with Gasteiger partial charge in [0.25, 0.3) is 0 Å². The molecule has 4 heteroatoms. The molecule has 0 radical (unpaired) electrons. The highest BCUT2D eigenvalue weighted by atomic mass is 16.5. The van der Waals surface area contributed by atoms with E-state index < -0.39 is 11.4 Å². The van der Waals surface area contributed by atoms with Crippen LogP contribution in [0.5, 0.6) is 0 Å². The number of hydrogen-bond donors (Lipinski definition) is 1. The van der Waals surface area contributed by atoms with E-state index in [-0.39, 0.29) is 24.7 Å². The van der Waals surface area contributed by atoms with Gasteiger partial charge in [-0.15, -0.1) is 0 Å². The Hall–Kier alpha value is -0.900. The van der Waals surface area contributed by atoms with E-state index >= 15 is 0 Å². The van der Waals surface area contributed by atoms with E-state index in [0.29, 0.717) is 12.5 Å². The van der Waals surface area contributed by atoms with Gasteiger partial charge in [-0.05, 0) is 24.7 Å². The molecule has 1 heterocycles. The molecule has 1 atom stereocenters. The Morgan fingerprint density at radius 3 is 2.56 bits per heavy atom. The Labute approximate surface area is 108 Å². The number of aliphatic carboxylic acids is 1. The van der Waals surface area contributed by atoms with Crippen LogP contribution in [0.3, 0.4) is 0 Å². The quantitative estimate of drug-likeness (QED) is 0.785. The minimum absolute atomic E-state index is 0.0365. The van der Waals surface area contributed by atoms with Crippen molar-refractivity contribution in [3.63, 3.8) is 0 Å². The van der Waals surface area contributed by atoms with Crippen molar-refractivity contribution in [2.75, 3.05) is 13.2 Å². The van der Waals surface area contributed by atoms with Crippen molar-refractivity contribution in [3.05, 3.63) is 0 Å². The summed E-state index contributed by atoms with van der Waals surface area (Å²) in [4.78, 5) is 23.8. The summed E-state index contributed by atoms with van der Waals surface area (Å²) in [6.07, 6.45) is 5.18. The molecule has 0 bridgehead atoms. The highest BCUT2D eigenvalue weighted by molar-refractivity contribution is 6.04. The van der Waals surface area contributed by atoms with Gasteiger partial charge in [0.2, 0.25) is 0 Å². The smallest absolute Gasteiger partial charge is 0.319 e. The van der Waals surface area contributed by atoms with Crippen LogP contribution in [0.15, 0.2) is 0 Å². The lowest BCUT2D eigenvalue weighted by Crippen LogP contribution is -2.53. The van der Waals surface area contributed by atoms with Crippen LogP contribution in [0.1, 0.15) is 45.4 Å². The molecule has 102 valence electrons. The topological polar surface area (TPSA) is 63.6 Å². The predicted molar refractivity (Wildman–Crippen MR) is 66.3 cm³/mol. The molecule has 18 heavy (non-hydrogen) atoms. The first-order valence-electron chi connectivity index (χ1n) is 6.95. The lowest BCUT2D eigenvalue weighted by atomic mass is 9.63. The molecule has 1 aliphatic heterocycles. The number of hydrogen-bond acceptors (Lipinski definition) is 3. The van der Waals surface area contributed by atoms with Crippen LogP contribution in [-0.2, 0) is 14.3 Å². The second-order valence-corrected chi connectivity index (χ2v) is 5.63. The third-order valence-electron chi connectivity index (χ3n) is 4.80. The van der Waals surface area contributed by atoms with E-state index in [1.807, 2.05) is 0 Å². The number of carboxylic acids is 1. The zero-order valence-corrected chi connectivity index (χ0v) is 11.0. The van der Waals surface area contributed by atoms with Crippen molar-refractivity contribution in [1.29, 1.82) is 0 Å². The minimum Gasteiger partial charge on any atom is -0.480 e. The Bertz CT molecular complexity index is 331. The molecular formula is C14H22O4. The summed E-state index contributed by atoms with van der Waals surface area (Å²) in [7, 11) is 0. The average molecular weight is 254 g/mol. The summed E-state index contributed by atoms with van der Waals surface area (Å²) in [6, 6.07) is 0. The number of rotatable bonds is 3. The Morgan fingerprint density at radius 1 is 1.39 bits per heavy atom. The van der Waals surface area contributed by atoms with E-state index in [1.54, 1.807) is 0 Å². The molecule has 2 fully saturated rings. The van der Waals surface area contributed by atoms with Crippen molar-refractivity contribution in [1.82, 2.24) is 0 Å². The molecule has 0 spiro atoms. The molecule has 1 unspecified atom stereocenters.